The fourth-order valence-corrected chi connectivity index (χ4v) is 5.12. The predicted octanol–water partition coefficient (Wildman–Crippen LogP) is 2.67. The minimum atomic E-state index is 0.0481. The van der Waals surface area contributed by atoms with E-state index in [-0.39, 0.29) is 5.91 Å². The van der Waals surface area contributed by atoms with Crippen LogP contribution in [0.2, 0.25) is 0 Å². The lowest BCUT2D eigenvalue weighted by molar-refractivity contribution is 0.0303. The molecule has 0 radical (unpaired) electrons. The molecule has 1 aromatic heterocycles. The molecule has 182 valence electrons. The Labute approximate surface area is 204 Å². The van der Waals surface area contributed by atoms with E-state index in [1.54, 1.807) is 0 Å². The number of rotatable bonds is 4. The second-order valence-corrected chi connectivity index (χ2v) is 9.56. The van der Waals surface area contributed by atoms with Crippen molar-refractivity contribution < 1.29 is 9.53 Å². The third-order valence-corrected chi connectivity index (χ3v) is 7.29. The summed E-state index contributed by atoms with van der Waals surface area (Å²) >= 11 is 0. The summed E-state index contributed by atoms with van der Waals surface area (Å²) in [5, 5.41) is 10.8. The molecule has 3 N–H and O–H groups in total. The molecule has 0 bridgehead atoms. The van der Waals surface area contributed by atoms with Crippen LogP contribution in [0.25, 0.3) is 16.6 Å². The molecule has 3 aromatic rings. The number of anilines is 1. The number of aromatic amines is 1. The summed E-state index contributed by atoms with van der Waals surface area (Å²) in [6, 6.07) is 14.3. The van der Waals surface area contributed by atoms with Crippen LogP contribution in [0, 0.1) is 0 Å². The van der Waals surface area contributed by atoms with Gasteiger partial charge in [0.2, 0.25) is 0 Å². The molecule has 6 rings (SSSR count). The Balaban J connectivity index is 1.20. The number of piperidine rings is 1. The molecule has 1 amide bonds. The van der Waals surface area contributed by atoms with E-state index in [9.17, 15) is 4.79 Å². The normalized spacial score (nSPS) is 19.7. The first-order chi connectivity index (χ1) is 17.2. The van der Waals surface area contributed by atoms with E-state index >= 15 is 0 Å². The van der Waals surface area contributed by atoms with Gasteiger partial charge in [0.1, 0.15) is 5.69 Å². The van der Waals surface area contributed by atoms with Crippen LogP contribution in [-0.2, 0) is 4.74 Å². The second-order valence-electron chi connectivity index (χ2n) is 9.56. The van der Waals surface area contributed by atoms with Crippen molar-refractivity contribution in [3.8, 4) is 0 Å². The van der Waals surface area contributed by atoms with Gasteiger partial charge in [-0.3, -0.25) is 20.3 Å². The maximum absolute atomic E-state index is 12.7. The molecule has 0 aliphatic carbocycles. The first-order valence-electron chi connectivity index (χ1n) is 12.3. The summed E-state index contributed by atoms with van der Waals surface area (Å²) in [6.45, 7) is 4.76. The molecule has 35 heavy (non-hydrogen) atoms. The Morgan fingerprint density at radius 2 is 1.80 bits per heavy atom. The van der Waals surface area contributed by atoms with Crippen molar-refractivity contribution in [2.45, 2.75) is 18.8 Å². The Kier molecular flexibility index (Phi) is 5.89. The summed E-state index contributed by atoms with van der Waals surface area (Å²) in [5.41, 5.74) is 12.3. The van der Waals surface area contributed by atoms with Gasteiger partial charge >= 0.3 is 0 Å². The molecular formula is C26H31N7O2. The molecule has 2 aromatic carbocycles. The lowest BCUT2D eigenvalue weighted by Gasteiger charge is -2.29. The van der Waals surface area contributed by atoms with Gasteiger partial charge < -0.3 is 14.5 Å². The summed E-state index contributed by atoms with van der Waals surface area (Å²) in [5.74, 6) is 0.643. The molecule has 0 unspecified atom stereocenters. The number of hydrazine groups is 2. The third kappa shape index (κ3) is 4.38. The van der Waals surface area contributed by atoms with E-state index in [1.807, 2.05) is 40.4 Å². The number of ether oxygens (including phenoxy) is 1. The fourth-order valence-electron chi connectivity index (χ4n) is 5.12. The Bertz CT molecular complexity index is 1240. The van der Waals surface area contributed by atoms with Crippen molar-refractivity contribution in [1.29, 1.82) is 0 Å². The monoisotopic (exact) mass is 473 g/mol. The average Bonchev–Trinajstić information content (AvgIpc) is 3.56. The number of H-pyrrole nitrogens is 1. The van der Waals surface area contributed by atoms with E-state index in [0.29, 0.717) is 37.8 Å². The number of likely N-dealkylation sites (tertiary alicyclic amines) is 1. The van der Waals surface area contributed by atoms with Gasteiger partial charge in [-0.15, -0.1) is 5.53 Å². The van der Waals surface area contributed by atoms with Gasteiger partial charge in [0.15, 0.2) is 0 Å². The Hall–Kier alpha value is -3.40. The van der Waals surface area contributed by atoms with Crippen LogP contribution in [0.15, 0.2) is 48.7 Å². The minimum Gasteiger partial charge on any atom is -0.378 e. The Morgan fingerprint density at radius 3 is 2.57 bits per heavy atom. The lowest BCUT2D eigenvalue weighted by Crippen LogP contribution is -2.40. The van der Waals surface area contributed by atoms with Crippen molar-refractivity contribution in [2.24, 2.45) is 0 Å². The SMILES string of the molecule is CN1CCC(c2ccc3[nH]nc(C4=CN(c5ccc(C(=O)N6CCOCC6)cc5)NN4)c3c2)CC1. The lowest BCUT2D eigenvalue weighted by atomic mass is 9.89. The maximum atomic E-state index is 12.7. The number of aromatic nitrogens is 2. The summed E-state index contributed by atoms with van der Waals surface area (Å²) < 4.78 is 5.35. The number of morpholine rings is 1. The quantitative estimate of drug-likeness (QED) is 0.537. The molecule has 3 aliphatic heterocycles. The zero-order valence-corrected chi connectivity index (χ0v) is 20.0. The topological polar surface area (TPSA) is 88.8 Å². The molecule has 9 heteroatoms. The highest BCUT2D eigenvalue weighted by Crippen LogP contribution is 2.32. The van der Waals surface area contributed by atoms with Gasteiger partial charge in [-0.1, -0.05) is 6.07 Å². The molecule has 0 atom stereocenters. The van der Waals surface area contributed by atoms with Gasteiger partial charge in [-0.05, 0) is 80.9 Å². The van der Waals surface area contributed by atoms with E-state index in [1.165, 1.54) is 18.4 Å². The third-order valence-electron chi connectivity index (χ3n) is 7.29. The average molecular weight is 474 g/mol. The van der Waals surface area contributed by atoms with E-state index < -0.39 is 0 Å². The highest BCUT2D eigenvalue weighted by atomic mass is 16.5. The summed E-state index contributed by atoms with van der Waals surface area (Å²) in [6.07, 6.45) is 4.38. The molecule has 0 saturated carbocycles. The van der Waals surface area contributed by atoms with Crippen molar-refractivity contribution in [3.05, 3.63) is 65.5 Å². The summed E-state index contributed by atoms with van der Waals surface area (Å²) in [4.78, 5) is 17.0. The fraction of sp³-hybridized carbons (Fsp3) is 0.385. The molecule has 0 spiro atoms. The molecule has 4 heterocycles. The Morgan fingerprint density at radius 1 is 1.03 bits per heavy atom. The van der Waals surface area contributed by atoms with Crippen molar-refractivity contribution in [2.75, 3.05) is 51.4 Å². The van der Waals surface area contributed by atoms with Crippen molar-refractivity contribution >= 4 is 28.2 Å². The number of carbonyl (C=O) groups is 1. The minimum absolute atomic E-state index is 0.0481. The standard InChI is InChI=1S/C26H31N7O2/c1-31-10-8-18(9-11-31)20-4-7-23-22(16-20)25(29-27-23)24-17-33(30-28-24)21-5-2-19(3-6-21)26(34)32-12-14-35-15-13-32/h2-7,16-18,28,30H,8-15H2,1H3,(H,27,29). The van der Waals surface area contributed by atoms with Crippen LogP contribution in [0.5, 0.6) is 0 Å². The van der Waals surface area contributed by atoms with Gasteiger partial charge in [-0.25, -0.2) is 0 Å². The number of amides is 1. The summed E-state index contributed by atoms with van der Waals surface area (Å²) in [7, 11) is 2.19. The van der Waals surface area contributed by atoms with Crippen LogP contribution in [-0.4, -0.2) is 72.3 Å². The molecular weight excluding hydrogens is 442 g/mol. The number of nitrogens with one attached hydrogen (secondary N) is 3. The highest BCUT2D eigenvalue weighted by Gasteiger charge is 2.23. The largest absolute Gasteiger partial charge is 0.378 e. The molecule has 3 aliphatic rings. The number of hydrogen-bond acceptors (Lipinski definition) is 7. The van der Waals surface area contributed by atoms with Gasteiger partial charge in [0.05, 0.1) is 36.3 Å². The number of nitrogens with zero attached hydrogens (tertiary/aromatic N) is 4. The van der Waals surface area contributed by atoms with Gasteiger partial charge in [-0.2, -0.15) is 5.10 Å². The van der Waals surface area contributed by atoms with Crippen LogP contribution in [0.3, 0.4) is 0 Å². The second kappa shape index (κ2) is 9.33. The van der Waals surface area contributed by atoms with E-state index in [4.69, 9.17) is 4.74 Å². The first kappa shape index (κ1) is 22.1. The van der Waals surface area contributed by atoms with Crippen LogP contribution >= 0.6 is 0 Å². The molecule has 2 fully saturated rings. The number of hydrogen-bond donors (Lipinski definition) is 3. The predicted molar refractivity (Wildman–Crippen MR) is 135 cm³/mol. The number of carbonyl (C=O) groups excluding carboxylic acids is 1. The van der Waals surface area contributed by atoms with Crippen molar-refractivity contribution in [1.82, 2.24) is 31.0 Å². The zero-order valence-electron chi connectivity index (χ0n) is 20.0. The number of benzene rings is 2. The van der Waals surface area contributed by atoms with Crippen LogP contribution in [0.1, 0.15) is 40.4 Å². The number of fused-ring (bicyclic) bond motifs is 1. The highest BCUT2D eigenvalue weighted by molar-refractivity contribution is 5.95. The molecule has 9 nitrogen and oxygen atoms in total. The van der Waals surface area contributed by atoms with Crippen LogP contribution < -0.4 is 16.0 Å². The van der Waals surface area contributed by atoms with Crippen molar-refractivity contribution in [3.63, 3.8) is 0 Å². The van der Waals surface area contributed by atoms with Gasteiger partial charge in [0.25, 0.3) is 5.91 Å². The zero-order chi connectivity index (χ0) is 23.8. The van der Waals surface area contributed by atoms with E-state index in [2.05, 4.69) is 51.3 Å². The van der Waals surface area contributed by atoms with Gasteiger partial charge in [0, 0.05) is 24.0 Å². The smallest absolute Gasteiger partial charge is 0.254 e. The maximum Gasteiger partial charge on any atom is 0.254 e. The van der Waals surface area contributed by atoms with Crippen LogP contribution in [0.4, 0.5) is 5.69 Å². The van der Waals surface area contributed by atoms with E-state index in [0.717, 1.165) is 41.1 Å². The first-order valence-corrected chi connectivity index (χ1v) is 12.3. The molecule has 2 saturated heterocycles.